The number of nitrogens with one attached hydrogen (secondary N) is 1. The molecule has 0 radical (unpaired) electrons. The number of benzene rings is 1. The molecular weight excluding hydrogens is 270 g/mol. The van der Waals surface area contributed by atoms with E-state index >= 15 is 0 Å². The van der Waals surface area contributed by atoms with Crippen molar-refractivity contribution in [2.75, 3.05) is 0 Å². The van der Waals surface area contributed by atoms with Gasteiger partial charge in [0.05, 0.1) is 4.99 Å². The summed E-state index contributed by atoms with van der Waals surface area (Å²) in [5.74, 6) is -2.10. The van der Waals surface area contributed by atoms with Crippen LogP contribution in [-0.4, -0.2) is 16.9 Å². The normalized spacial score (nSPS) is 22.2. The Balaban J connectivity index is 2.10. The summed E-state index contributed by atoms with van der Waals surface area (Å²) < 4.78 is 26.1. The zero-order valence-electron chi connectivity index (χ0n) is 10.2. The van der Waals surface area contributed by atoms with Gasteiger partial charge in [-0.15, -0.1) is 0 Å². The molecule has 1 fully saturated rings. The van der Waals surface area contributed by atoms with Gasteiger partial charge in [-0.25, -0.2) is 8.78 Å². The Bertz CT molecular complexity index is 501. The minimum absolute atomic E-state index is 0.0360. The number of nitrogens with two attached hydrogens (primary N) is 1. The molecule has 2 rings (SSSR count). The second-order valence-electron chi connectivity index (χ2n) is 4.68. The summed E-state index contributed by atoms with van der Waals surface area (Å²) in [4.78, 5) is 12.3. The molecule has 0 bridgehead atoms. The van der Waals surface area contributed by atoms with E-state index in [1.165, 1.54) is 0 Å². The fourth-order valence-corrected chi connectivity index (χ4v) is 2.69. The van der Waals surface area contributed by atoms with E-state index in [2.05, 4.69) is 5.32 Å². The Morgan fingerprint density at radius 2 is 1.89 bits per heavy atom. The number of carbonyl (C=O) groups is 1. The Morgan fingerprint density at radius 1 is 1.26 bits per heavy atom. The molecule has 102 valence electrons. The first-order valence-electron chi connectivity index (χ1n) is 6.03. The molecule has 0 heterocycles. The van der Waals surface area contributed by atoms with E-state index in [9.17, 15) is 13.6 Å². The van der Waals surface area contributed by atoms with Gasteiger partial charge in [-0.1, -0.05) is 18.6 Å². The Hall–Kier alpha value is -1.56. The van der Waals surface area contributed by atoms with Crippen molar-refractivity contribution in [3.05, 3.63) is 35.4 Å². The van der Waals surface area contributed by atoms with E-state index in [1.54, 1.807) is 0 Å². The maximum absolute atomic E-state index is 13.0. The molecule has 0 spiro atoms. The highest BCUT2D eigenvalue weighted by molar-refractivity contribution is 7.80. The lowest BCUT2D eigenvalue weighted by Gasteiger charge is -2.19. The first-order valence-corrected chi connectivity index (χ1v) is 6.44. The summed E-state index contributed by atoms with van der Waals surface area (Å²) in [5, 5.41) is 2.74. The topological polar surface area (TPSA) is 55.1 Å². The van der Waals surface area contributed by atoms with Crippen LogP contribution in [0.5, 0.6) is 0 Å². The van der Waals surface area contributed by atoms with Crippen molar-refractivity contribution in [3.63, 3.8) is 0 Å². The average Bonchev–Trinajstić information content (AvgIpc) is 2.75. The SMILES string of the molecule is NC(=S)C1CCCC1NC(=O)c1cc(F)cc(F)c1. The molecule has 1 amide bonds. The van der Waals surface area contributed by atoms with Gasteiger partial charge in [-0.05, 0) is 25.0 Å². The van der Waals surface area contributed by atoms with E-state index in [4.69, 9.17) is 18.0 Å². The molecule has 1 aromatic carbocycles. The molecule has 2 unspecified atom stereocenters. The molecule has 19 heavy (non-hydrogen) atoms. The third kappa shape index (κ3) is 3.26. The van der Waals surface area contributed by atoms with Crippen LogP contribution >= 0.6 is 12.2 Å². The van der Waals surface area contributed by atoms with Crippen LogP contribution in [0, 0.1) is 17.6 Å². The van der Waals surface area contributed by atoms with Gasteiger partial charge in [0.1, 0.15) is 11.6 Å². The van der Waals surface area contributed by atoms with Gasteiger partial charge in [0, 0.05) is 23.6 Å². The number of thiocarbonyl (C=S) groups is 1. The molecule has 1 aromatic rings. The van der Waals surface area contributed by atoms with Crippen molar-refractivity contribution in [3.8, 4) is 0 Å². The van der Waals surface area contributed by atoms with Crippen LogP contribution in [0.1, 0.15) is 29.6 Å². The van der Waals surface area contributed by atoms with Gasteiger partial charge in [-0.2, -0.15) is 0 Å². The van der Waals surface area contributed by atoms with Gasteiger partial charge in [0.15, 0.2) is 0 Å². The number of carbonyl (C=O) groups excluding carboxylic acids is 1. The quantitative estimate of drug-likeness (QED) is 0.836. The number of halogens is 2. The van der Waals surface area contributed by atoms with E-state index in [-0.39, 0.29) is 17.5 Å². The summed E-state index contributed by atoms with van der Waals surface area (Å²) in [5.41, 5.74) is 5.57. The molecule has 1 aliphatic carbocycles. The smallest absolute Gasteiger partial charge is 0.251 e. The summed E-state index contributed by atoms with van der Waals surface area (Å²) >= 11 is 4.95. The number of rotatable bonds is 3. The highest BCUT2D eigenvalue weighted by Crippen LogP contribution is 2.26. The van der Waals surface area contributed by atoms with Crippen molar-refractivity contribution in [1.82, 2.24) is 5.32 Å². The van der Waals surface area contributed by atoms with Crippen LogP contribution in [0.3, 0.4) is 0 Å². The van der Waals surface area contributed by atoms with Crippen LogP contribution in [0.25, 0.3) is 0 Å². The van der Waals surface area contributed by atoms with Gasteiger partial charge in [0.2, 0.25) is 0 Å². The molecule has 0 aliphatic heterocycles. The van der Waals surface area contributed by atoms with E-state index in [1.807, 2.05) is 0 Å². The van der Waals surface area contributed by atoms with E-state index in [0.29, 0.717) is 4.99 Å². The van der Waals surface area contributed by atoms with Crippen LogP contribution in [0.15, 0.2) is 18.2 Å². The summed E-state index contributed by atoms with van der Waals surface area (Å²) in [6.45, 7) is 0. The summed E-state index contributed by atoms with van der Waals surface area (Å²) in [7, 11) is 0. The predicted octanol–water partition coefficient (Wildman–Crippen LogP) is 2.15. The molecule has 3 N–H and O–H groups in total. The Kier molecular flexibility index (Phi) is 4.09. The second kappa shape index (κ2) is 5.61. The lowest BCUT2D eigenvalue weighted by Crippen LogP contribution is -2.41. The zero-order chi connectivity index (χ0) is 14.0. The Morgan fingerprint density at radius 3 is 2.47 bits per heavy atom. The fraction of sp³-hybridized carbons (Fsp3) is 0.385. The molecular formula is C13H14F2N2OS. The number of hydrogen-bond acceptors (Lipinski definition) is 2. The molecule has 1 saturated carbocycles. The largest absolute Gasteiger partial charge is 0.393 e. The van der Waals surface area contributed by atoms with Crippen molar-refractivity contribution in [2.24, 2.45) is 11.7 Å². The van der Waals surface area contributed by atoms with Crippen LogP contribution < -0.4 is 11.1 Å². The molecule has 1 aliphatic rings. The maximum atomic E-state index is 13.0. The summed E-state index contributed by atoms with van der Waals surface area (Å²) in [6, 6.07) is 2.58. The standard InChI is InChI=1S/C13H14F2N2OS/c14-8-4-7(5-9(15)6-8)13(18)17-11-3-1-2-10(11)12(16)19/h4-6,10-11H,1-3H2,(H2,16,19)(H,17,18). The first-order chi connectivity index (χ1) is 8.97. The van der Waals surface area contributed by atoms with E-state index < -0.39 is 17.5 Å². The Labute approximate surface area is 115 Å². The minimum Gasteiger partial charge on any atom is -0.393 e. The first kappa shape index (κ1) is 13.9. The third-order valence-corrected chi connectivity index (χ3v) is 3.63. The van der Waals surface area contributed by atoms with E-state index in [0.717, 1.165) is 37.5 Å². The number of amides is 1. The monoisotopic (exact) mass is 284 g/mol. The lowest BCUT2D eigenvalue weighted by molar-refractivity contribution is 0.0933. The van der Waals surface area contributed by atoms with Crippen molar-refractivity contribution < 1.29 is 13.6 Å². The van der Waals surface area contributed by atoms with Crippen molar-refractivity contribution >= 4 is 23.1 Å². The van der Waals surface area contributed by atoms with Crippen molar-refractivity contribution in [2.45, 2.75) is 25.3 Å². The van der Waals surface area contributed by atoms with Crippen molar-refractivity contribution in [1.29, 1.82) is 0 Å². The van der Waals surface area contributed by atoms with Crippen LogP contribution in [0.2, 0.25) is 0 Å². The van der Waals surface area contributed by atoms with Gasteiger partial charge in [-0.3, -0.25) is 4.79 Å². The van der Waals surface area contributed by atoms with Crippen LogP contribution in [0.4, 0.5) is 8.78 Å². The van der Waals surface area contributed by atoms with Gasteiger partial charge in [0.25, 0.3) is 5.91 Å². The maximum Gasteiger partial charge on any atom is 0.251 e. The molecule has 0 saturated heterocycles. The minimum atomic E-state index is -0.775. The van der Waals surface area contributed by atoms with Gasteiger partial charge < -0.3 is 11.1 Å². The number of hydrogen-bond donors (Lipinski definition) is 2. The molecule has 2 atom stereocenters. The average molecular weight is 284 g/mol. The highest BCUT2D eigenvalue weighted by atomic mass is 32.1. The second-order valence-corrected chi connectivity index (χ2v) is 5.15. The van der Waals surface area contributed by atoms with Gasteiger partial charge >= 0.3 is 0 Å². The zero-order valence-corrected chi connectivity index (χ0v) is 11.0. The molecule has 0 aromatic heterocycles. The lowest BCUT2D eigenvalue weighted by atomic mass is 10.0. The predicted molar refractivity (Wildman–Crippen MR) is 71.7 cm³/mol. The molecule has 3 nitrogen and oxygen atoms in total. The third-order valence-electron chi connectivity index (χ3n) is 3.32. The fourth-order valence-electron chi connectivity index (χ4n) is 2.41. The highest BCUT2D eigenvalue weighted by Gasteiger charge is 2.30. The summed E-state index contributed by atoms with van der Waals surface area (Å²) in [6.07, 6.45) is 2.52. The molecule has 6 heteroatoms. The van der Waals surface area contributed by atoms with Crippen LogP contribution in [-0.2, 0) is 0 Å².